The summed E-state index contributed by atoms with van der Waals surface area (Å²) in [6, 6.07) is -0.0841. The van der Waals surface area contributed by atoms with Crippen LogP contribution in [-0.4, -0.2) is 29.7 Å². The lowest BCUT2D eigenvalue weighted by Crippen LogP contribution is -2.40. The van der Waals surface area contributed by atoms with Crippen LogP contribution in [0.5, 0.6) is 0 Å². The van der Waals surface area contributed by atoms with Crippen molar-refractivity contribution in [3.05, 3.63) is 0 Å². The van der Waals surface area contributed by atoms with Crippen molar-refractivity contribution in [1.82, 2.24) is 10.6 Å². The van der Waals surface area contributed by atoms with Gasteiger partial charge in [0.1, 0.15) is 0 Å². The number of amides is 2. The fraction of sp³-hybridized carbons (Fsp3) is 0.778. The predicted octanol–water partition coefficient (Wildman–Crippen LogP) is 0.949. The first-order valence-electron chi connectivity index (χ1n) is 4.82. The third-order valence-corrected chi connectivity index (χ3v) is 1.84. The van der Waals surface area contributed by atoms with E-state index in [2.05, 4.69) is 10.6 Å². The minimum atomic E-state index is -0.839. The van der Waals surface area contributed by atoms with E-state index >= 15 is 0 Å². The maximum absolute atomic E-state index is 11.1. The second-order valence-corrected chi connectivity index (χ2v) is 3.21. The number of hydrogen-bond acceptors (Lipinski definition) is 2. The van der Waals surface area contributed by atoms with Crippen molar-refractivity contribution < 1.29 is 14.7 Å². The monoisotopic (exact) mass is 202 g/mol. The quantitative estimate of drug-likeness (QED) is 0.561. The molecule has 0 fully saturated rings. The van der Waals surface area contributed by atoms with Gasteiger partial charge in [-0.3, -0.25) is 4.79 Å². The Kier molecular flexibility index (Phi) is 6.53. The molecule has 0 spiro atoms. The Hall–Kier alpha value is -1.26. The largest absolute Gasteiger partial charge is 0.481 e. The minimum Gasteiger partial charge on any atom is -0.481 e. The van der Waals surface area contributed by atoms with E-state index < -0.39 is 5.97 Å². The van der Waals surface area contributed by atoms with Crippen molar-refractivity contribution in [3.63, 3.8) is 0 Å². The average molecular weight is 202 g/mol. The Labute approximate surface area is 83.9 Å². The van der Waals surface area contributed by atoms with E-state index in [-0.39, 0.29) is 18.5 Å². The molecule has 0 aromatic heterocycles. The molecule has 5 nitrogen and oxygen atoms in total. The highest BCUT2D eigenvalue weighted by molar-refractivity contribution is 5.74. The summed E-state index contributed by atoms with van der Waals surface area (Å²) in [6.07, 6.45) is 1.43. The number of carboxylic acid groups (broad SMARTS) is 1. The summed E-state index contributed by atoms with van der Waals surface area (Å²) in [4.78, 5) is 21.2. The van der Waals surface area contributed by atoms with E-state index in [1.165, 1.54) is 0 Å². The van der Waals surface area contributed by atoms with Crippen LogP contribution < -0.4 is 10.6 Å². The SMILES string of the molecule is CCC(C)NC(=O)NCCCC(=O)O. The van der Waals surface area contributed by atoms with Crippen molar-refractivity contribution in [3.8, 4) is 0 Å². The van der Waals surface area contributed by atoms with Crippen molar-refractivity contribution >= 4 is 12.0 Å². The van der Waals surface area contributed by atoms with Crippen molar-refractivity contribution in [2.75, 3.05) is 6.54 Å². The predicted molar refractivity (Wildman–Crippen MR) is 53.2 cm³/mol. The first-order chi connectivity index (χ1) is 6.56. The first-order valence-corrected chi connectivity index (χ1v) is 4.82. The Morgan fingerprint density at radius 1 is 1.43 bits per heavy atom. The second kappa shape index (κ2) is 7.17. The number of carbonyl (C=O) groups is 2. The lowest BCUT2D eigenvalue weighted by Gasteiger charge is -2.11. The second-order valence-electron chi connectivity index (χ2n) is 3.21. The highest BCUT2D eigenvalue weighted by Crippen LogP contribution is 1.88. The van der Waals surface area contributed by atoms with Gasteiger partial charge in [-0.05, 0) is 19.8 Å². The zero-order chi connectivity index (χ0) is 11.0. The summed E-state index contributed by atoms with van der Waals surface area (Å²) in [7, 11) is 0. The summed E-state index contributed by atoms with van der Waals surface area (Å²) >= 11 is 0. The molecule has 3 N–H and O–H groups in total. The molecule has 0 aliphatic carbocycles. The van der Waals surface area contributed by atoms with Gasteiger partial charge in [0, 0.05) is 19.0 Å². The van der Waals surface area contributed by atoms with Crippen molar-refractivity contribution in [2.45, 2.75) is 39.2 Å². The smallest absolute Gasteiger partial charge is 0.314 e. The fourth-order valence-corrected chi connectivity index (χ4v) is 0.818. The molecule has 0 aliphatic rings. The number of carbonyl (C=O) groups excluding carboxylic acids is 1. The van der Waals surface area contributed by atoms with Crippen molar-refractivity contribution in [2.24, 2.45) is 0 Å². The number of rotatable bonds is 6. The van der Waals surface area contributed by atoms with Gasteiger partial charge in [0.2, 0.25) is 0 Å². The topological polar surface area (TPSA) is 78.4 Å². The van der Waals surface area contributed by atoms with Crippen LogP contribution in [0.2, 0.25) is 0 Å². The maximum Gasteiger partial charge on any atom is 0.314 e. The summed E-state index contributed by atoms with van der Waals surface area (Å²) in [6.45, 7) is 4.29. The van der Waals surface area contributed by atoms with Crippen LogP contribution in [0.4, 0.5) is 4.79 Å². The molecule has 0 bridgehead atoms. The van der Waals surface area contributed by atoms with Crippen LogP contribution in [0.3, 0.4) is 0 Å². The molecule has 0 saturated carbocycles. The molecule has 0 saturated heterocycles. The molecule has 0 rings (SSSR count). The van der Waals surface area contributed by atoms with E-state index in [1.54, 1.807) is 0 Å². The molecule has 0 aromatic rings. The van der Waals surface area contributed by atoms with Crippen LogP contribution in [0.1, 0.15) is 33.1 Å². The molecular weight excluding hydrogens is 184 g/mol. The minimum absolute atomic E-state index is 0.0869. The Balaban J connectivity index is 3.40. The molecule has 2 amide bonds. The molecule has 0 aliphatic heterocycles. The van der Waals surface area contributed by atoms with Crippen molar-refractivity contribution in [1.29, 1.82) is 0 Å². The standard InChI is InChI=1S/C9H18N2O3/c1-3-7(2)11-9(14)10-6-4-5-8(12)13/h7H,3-6H2,1-2H3,(H,12,13)(H2,10,11,14). The van der Waals surface area contributed by atoms with Gasteiger partial charge in [-0.15, -0.1) is 0 Å². The third-order valence-electron chi connectivity index (χ3n) is 1.84. The summed E-state index contributed by atoms with van der Waals surface area (Å²) in [5.74, 6) is -0.839. The molecule has 1 atom stereocenters. The van der Waals surface area contributed by atoms with Gasteiger partial charge < -0.3 is 15.7 Å². The average Bonchev–Trinajstić information content (AvgIpc) is 2.12. The van der Waals surface area contributed by atoms with E-state index in [9.17, 15) is 9.59 Å². The van der Waals surface area contributed by atoms with Gasteiger partial charge in [0.05, 0.1) is 0 Å². The molecule has 14 heavy (non-hydrogen) atoms. The van der Waals surface area contributed by atoms with Crippen LogP contribution in [0, 0.1) is 0 Å². The zero-order valence-electron chi connectivity index (χ0n) is 8.67. The number of carboxylic acids is 1. The van der Waals surface area contributed by atoms with E-state index in [1.807, 2.05) is 13.8 Å². The summed E-state index contributed by atoms with van der Waals surface area (Å²) < 4.78 is 0. The first kappa shape index (κ1) is 12.7. The highest BCUT2D eigenvalue weighted by atomic mass is 16.4. The summed E-state index contributed by atoms with van der Waals surface area (Å²) in [5, 5.41) is 13.6. The number of nitrogens with one attached hydrogen (secondary N) is 2. The number of urea groups is 1. The molecular formula is C9H18N2O3. The Morgan fingerprint density at radius 2 is 2.07 bits per heavy atom. The van der Waals surface area contributed by atoms with Gasteiger partial charge in [0.15, 0.2) is 0 Å². The normalized spacial score (nSPS) is 11.9. The molecule has 0 heterocycles. The summed E-state index contributed by atoms with van der Waals surface area (Å²) in [5.41, 5.74) is 0. The van der Waals surface area contributed by atoms with Crippen LogP contribution in [0.15, 0.2) is 0 Å². The lowest BCUT2D eigenvalue weighted by atomic mass is 10.3. The molecule has 0 aromatic carbocycles. The number of hydrogen-bond donors (Lipinski definition) is 3. The third kappa shape index (κ3) is 7.39. The van der Waals surface area contributed by atoms with Gasteiger partial charge in [-0.2, -0.15) is 0 Å². The Bertz CT molecular complexity index is 194. The van der Waals surface area contributed by atoms with Crippen LogP contribution >= 0.6 is 0 Å². The van der Waals surface area contributed by atoms with Crippen LogP contribution in [-0.2, 0) is 4.79 Å². The molecule has 1 unspecified atom stereocenters. The molecule has 5 heteroatoms. The Morgan fingerprint density at radius 3 is 2.57 bits per heavy atom. The fourth-order valence-electron chi connectivity index (χ4n) is 0.818. The van der Waals surface area contributed by atoms with Gasteiger partial charge in [-0.25, -0.2) is 4.79 Å². The van der Waals surface area contributed by atoms with E-state index in [0.717, 1.165) is 6.42 Å². The van der Waals surface area contributed by atoms with E-state index in [4.69, 9.17) is 5.11 Å². The lowest BCUT2D eigenvalue weighted by molar-refractivity contribution is -0.137. The van der Waals surface area contributed by atoms with Crippen LogP contribution in [0.25, 0.3) is 0 Å². The van der Waals surface area contributed by atoms with Gasteiger partial charge >= 0.3 is 12.0 Å². The number of aliphatic carboxylic acids is 1. The molecule has 0 radical (unpaired) electrons. The highest BCUT2D eigenvalue weighted by Gasteiger charge is 2.04. The van der Waals surface area contributed by atoms with Gasteiger partial charge in [0.25, 0.3) is 0 Å². The maximum atomic E-state index is 11.1. The zero-order valence-corrected chi connectivity index (χ0v) is 8.67. The van der Waals surface area contributed by atoms with Gasteiger partial charge in [-0.1, -0.05) is 6.92 Å². The molecule has 82 valence electrons. The van der Waals surface area contributed by atoms with E-state index in [0.29, 0.717) is 13.0 Å².